The van der Waals surface area contributed by atoms with Crippen LogP contribution in [0.15, 0.2) is 30.5 Å². The Morgan fingerprint density at radius 3 is 2.65 bits per heavy atom. The van der Waals surface area contributed by atoms with Gasteiger partial charge in [0.05, 0.1) is 31.5 Å². The molecule has 1 saturated carbocycles. The summed E-state index contributed by atoms with van der Waals surface area (Å²) in [6.07, 6.45) is 8.79. The van der Waals surface area contributed by atoms with Gasteiger partial charge in [0.1, 0.15) is 10.8 Å². The van der Waals surface area contributed by atoms with E-state index in [0.29, 0.717) is 16.8 Å². The zero-order valence-corrected chi connectivity index (χ0v) is 22.3. The molecule has 3 N–H and O–H groups in total. The van der Waals surface area contributed by atoms with Crippen molar-refractivity contribution in [3.8, 4) is 5.75 Å². The van der Waals surface area contributed by atoms with E-state index in [9.17, 15) is 4.79 Å². The first-order valence-electron chi connectivity index (χ1n) is 12.9. The number of halogens is 1. The van der Waals surface area contributed by atoms with Crippen LogP contribution < -0.4 is 20.7 Å². The highest BCUT2D eigenvalue weighted by Gasteiger charge is 2.48. The van der Waals surface area contributed by atoms with E-state index >= 15 is 0 Å². The SMILES string of the molecule is CNC(=O)[C@H]1[C@@H](Nc2nc(Nc3cc4c(cc3OC)CCN(CCOC)CC4)ncc2Cl)[C@@H]2C=C[C@H]1C2. The average molecular weight is 527 g/mol. The lowest BCUT2D eigenvalue weighted by Gasteiger charge is -2.28. The Labute approximate surface area is 223 Å². The summed E-state index contributed by atoms with van der Waals surface area (Å²) in [5.74, 6) is 2.05. The predicted molar refractivity (Wildman–Crippen MR) is 145 cm³/mol. The van der Waals surface area contributed by atoms with Gasteiger partial charge in [0.2, 0.25) is 11.9 Å². The van der Waals surface area contributed by atoms with Crippen molar-refractivity contribution in [3.05, 3.63) is 46.6 Å². The molecule has 1 aliphatic heterocycles. The van der Waals surface area contributed by atoms with Crippen molar-refractivity contribution in [1.82, 2.24) is 20.2 Å². The molecule has 1 aromatic carbocycles. The fraction of sp³-hybridized carbons (Fsp3) is 0.519. The molecule has 0 unspecified atom stereocenters. The number of carbonyl (C=O) groups is 1. The smallest absolute Gasteiger partial charge is 0.229 e. The van der Waals surface area contributed by atoms with E-state index in [2.05, 4.69) is 55.1 Å². The van der Waals surface area contributed by atoms with Crippen molar-refractivity contribution in [2.45, 2.75) is 25.3 Å². The second-order valence-corrected chi connectivity index (χ2v) is 10.3. The largest absolute Gasteiger partial charge is 0.495 e. The number of benzene rings is 1. The number of amides is 1. The number of rotatable bonds is 9. The van der Waals surface area contributed by atoms with Gasteiger partial charge < -0.3 is 30.3 Å². The van der Waals surface area contributed by atoms with Gasteiger partial charge in [-0.2, -0.15) is 4.98 Å². The molecule has 10 heteroatoms. The van der Waals surface area contributed by atoms with Crippen LogP contribution in [0, 0.1) is 17.8 Å². The Bertz CT molecular complexity index is 1180. The summed E-state index contributed by atoms with van der Waals surface area (Å²) < 4.78 is 11.0. The third kappa shape index (κ3) is 5.39. The summed E-state index contributed by atoms with van der Waals surface area (Å²) >= 11 is 6.49. The number of carbonyl (C=O) groups excluding carboxylic acids is 1. The first kappa shape index (κ1) is 25.8. The topological polar surface area (TPSA) is 101 Å². The second-order valence-electron chi connectivity index (χ2n) is 9.93. The number of nitrogens with zero attached hydrogens (tertiary/aromatic N) is 3. The molecule has 0 spiro atoms. The molecule has 3 aliphatic rings. The molecule has 9 nitrogen and oxygen atoms in total. The summed E-state index contributed by atoms with van der Waals surface area (Å²) in [7, 11) is 5.09. The summed E-state index contributed by atoms with van der Waals surface area (Å²) in [6.45, 7) is 3.65. The Balaban J connectivity index is 1.35. The van der Waals surface area contributed by atoms with Gasteiger partial charge >= 0.3 is 0 Å². The number of nitrogens with one attached hydrogen (secondary N) is 3. The number of hydrogen-bond donors (Lipinski definition) is 3. The van der Waals surface area contributed by atoms with E-state index in [1.54, 1.807) is 27.5 Å². The van der Waals surface area contributed by atoms with Gasteiger partial charge in [-0.25, -0.2) is 4.98 Å². The molecule has 37 heavy (non-hydrogen) atoms. The molecule has 4 atom stereocenters. The highest BCUT2D eigenvalue weighted by atomic mass is 35.5. The molecule has 1 fully saturated rings. The lowest BCUT2D eigenvalue weighted by molar-refractivity contribution is -0.125. The molecule has 198 valence electrons. The molecule has 2 aliphatic carbocycles. The molecular formula is C27H35ClN6O3. The van der Waals surface area contributed by atoms with Crippen molar-refractivity contribution >= 4 is 35.0 Å². The fourth-order valence-electron chi connectivity index (χ4n) is 5.86. The third-order valence-electron chi connectivity index (χ3n) is 7.83. The second kappa shape index (κ2) is 11.2. The van der Waals surface area contributed by atoms with E-state index in [1.165, 1.54) is 11.1 Å². The number of ether oxygens (including phenoxy) is 2. The Kier molecular flexibility index (Phi) is 7.83. The normalized spacial score (nSPS) is 24.4. The predicted octanol–water partition coefficient (Wildman–Crippen LogP) is 3.28. The van der Waals surface area contributed by atoms with Gasteiger partial charge in [-0.1, -0.05) is 23.8 Å². The minimum Gasteiger partial charge on any atom is -0.495 e. The van der Waals surface area contributed by atoms with Crippen molar-refractivity contribution in [2.24, 2.45) is 17.8 Å². The van der Waals surface area contributed by atoms with E-state index < -0.39 is 0 Å². The van der Waals surface area contributed by atoms with Crippen LogP contribution in [0.2, 0.25) is 5.02 Å². The molecule has 2 aromatic rings. The molecule has 0 saturated heterocycles. The maximum absolute atomic E-state index is 12.6. The van der Waals surface area contributed by atoms with Crippen LogP contribution >= 0.6 is 11.6 Å². The monoisotopic (exact) mass is 526 g/mol. The fourth-order valence-corrected chi connectivity index (χ4v) is 6.01. The van der Waals surface area contributed by atoms with Crippen LogP contribution in [0.4, 0.5) is 17.5 Å². The highest BCUT2D eigenvalue weighted by molar-refractivity contribution is 6.32. The lowest BCUT2D eigenvalue weighted by atomic mass is 9.88. The first-order chi connectivity index (χ1) is 18.0. The van der Waals surface area contributed by atoms with Crippen LogP contribution in [0.5, 0.6) is 5.75 Å². The number of fused-ring (bicyclic) bond motifs is 3. The third-order valence-corrected chi connectivity index (χ3v) is 8.11. The molecule has 1 aromatic heterocycles. The quantitative estimate of drug-likeness (QED) is 0.428. The minimum absolute atomic E-state index is 0.0355. The number of hydrogen-bond acceptors (Lipinski definition) is 8. The van der Waals surface area contributed by atoms with Crippen molar-refractivity contribution < 1.29 is 14.3 Å². The molecule has 2 heterocycles. The van der Waals surface area contributed by atoms with E-state index in [1.807, 2.05) is 0 Å². The van der Waals surface area contributed by atoms with Gasteiger partial charge in [-0.15, -0.1) is 0 Å². The zero-order chi connectivity index (χ0) is 25.9. The van der Waals surface area contributed by atoms with Crippen molar-refractivity contribution in [2.75, 3.05) is 58.1 Å². The molecule has 2 bridgehead atoms. The van der Waals surface area contributed by atoms with Crippen LogP contribution in [0.1, 0.15) is 17.5 Å². The Hall–Kier alpha value is -2.88. The van der Waals surface area contributed by atoms with Crippen LogP contribution in [-0.4, -0.2) is 74.3 Å². The van der Waals surface area contributed by atoms with Gasteiger partial charge in [0.15, 0.2) is 5.82 Å². The Morgan fingerprint density at radius 1 is 1.16 bits per heavy atom. The van der Waals surface area contributed by atoms with Crippen LogP contribution in [-0.2, 0) is 22.4 Å². The number of aromatic nitrogens is 2. The zero-order valence-electron chi connectivity index (χ0n) is 21.6. The molecule has 1 amide bonds. The molecular weight excluding hydrogens is 492 g/mol. The van der Waals surface area contributed by atoms with Crippen LogP contribution in [0.25, 0.3) is 0 Å². The summed E-state index contributed by atoms with van der Waals surface area (Å²) in [6, 6.07) is 4.18. The molecule has 0 radical (unpaired) electrons. The van der Waals surface area contributed by atoms with Crippen molar-refractivity contribution in [3.63, 3.8) is 0 Å². The van der Waals surface area contributed by atoms with Gasteiger partial charge in [-0.3, -0.25) is 4.79 Å². The van der Waals surface area contributed by atoms with Crippen molar-refractivity contribution in [1.29, 1.82) is 0 Å². The summed E-state index contributed by atoms with van der Waals surface area (Å²) in [5.41, 5.74) is 3.40. The minimum atomic E-state index is -0.157. The maximum atomic E-state index is 12.6. The van der Waals surface area contributed by atoms with Gasteiger partial charge in [0, 0.05) is 39.8 Å². The lowest BCUT2D eigenvalue weighted by Crippen LogP contribution is -2.42. The number of allylic oxidation sites excluding steroid dienone is 1. The molecule has 5 rings (SSSR count). The standard InChI is InChI=1S/C27H35ClN6O3/c1-29-26(35)23-18-4-5-19(12-18)24(23)32-25-20(28)15-30-27(33-25)31-21-13-16-6-8-34(10-11-36-2)9-7-17(16)14-22(21)37-3/h4-5,13-15,18-19,23-24H,6-12H2,1-3H3,(H,29,35)(H2,30,31,32,33)/t18-,19+,23+,24-/m0/s1. The summed E-state index contributed by atoms with van der Waals surface area (Å²) in [4.78, 5) is 24.1. The first-order valence-corrected chi connectivity index (χ1v) is 13.3. The number of anilines is 3. The summed E-state index contributed by atoms with van der Waals surface area (Å²) in [5, 5.41) is 10.0. The van der Waals surface area contributed by atoms with Crippen LogP contribution in [0.3, 0.4) is 0 Å². The Morgan fingerprint density at radius 2 is 1.92 bits per heavy atom. The highest BCUT2D eigenvalue weighted by Crippen LogP contribution is 2.45. The number of methoxy groups -OCH3 is 2. The average Bonchev–Trinajstić information content (AvgIpc) is 3.46. The maximum Gasteiger partial charge on any atom is 0.229 e. The van der Waals surface area contributed by atoms with E-state index in [0.717, 1.165) is 56.9 Å². The van der Waals surface area contributed by atoms with E-state index in [4.69, 9.17) is 21.1 Å². The van der Waals surface area contributed by atoms with Gasteiger partial charge in [-0.05, 0) is 54.4 Å². The van der Waals surface area contributed by atoms with E-state index in [-0.39, 0.29) is 29.7 Å². The van der Waals surface area contributed by atoms with Gasteiger partial charge in [0.25, 0.3) is 0 Å².